The van der Waals surface area contributed by atoms with Gasteiger partial charge in [-0.1, -0.05) is 18.2 Å². The van der Waals surface area contributed by atoms with E-state index in [2.05, 4.69) is 14.8 Å². The van der Waals surface area contributed by atoms with Crippen LogP contribution in [-0.2, 0) is 16.6 Å². The maximum atomic E-state index is 12.3. The van der Waals surface area contributed by atoms with Gasteiger partial charge >= 0.3 is 6.61 Å². The first-order chi connectivity index (χ1) is 9.59. The lowest BCUT2D eigenvalue weighted by atomic mass is 10.1. The molecule has 0 heterocycles. The highest BCUT2D eigenvalue weighted by Gasteiger charge is 2.21. The van der Waals surface area contributed by atoms with Crippen molar-refractivity contribution in [1.29, 1.82) is 0 Å². The summed E-state index contributed by atoms with van der Waals surface area (Å²) in [6.07, 6.45) is 1.08. The third-order valence-corrected chi connectivity index (χ3v) is 3.46. The van der Waals surface area contributed by atoms with Crippen LogP contribution in [0, 0.1) is 0 Å². The molecule has 0 bridgehead atoms. The summed E-state index contributed by atoms with van der Waals surface area (Å²) in [6.45, 7) is 1.20. The zero-order valence-corrected chi connectivity index (χ0v) is 13.0. The maximum absolute atomic E-state index is 12.3. The molecule has 0 spiro atoms. The van der Waals surface area contributed by atoms with E-state index >= 15 is 0 Å². The molecule has 0 radical (unpaired) electrons. The summed E-state index contributed by atoms with van der Waals surface area (Å²) in [5.41, 5.74) is -0.112. The Balaban J connectivity index is 2.60. The van der Waals surface area contributed by atoms with Gasteiger partial charge in [-0.25, -0.2) is 13.1 Å². The topological polar surface area (TPSA) is 67.4 Å². The van der Waals surface area contributed by atoms with Gasteiger partial charge in [0.05, 0.1) is 6.26 Å². The number of alkyl halides is 2. The van der Waals surface area contributed by atoms with Crippen LogP contribution >= 0.6 is 0 Å². The minimum absolute atomic E-state index is 0.105. The van der Waals surface area contributed by atoms with E-state index in [0.717, 1.165) is 6.26 Å². The Kier molecular flexibility index (Phi) is 6.06. The number of ether oxygens (including phenoxy) is 1. The monoisotopic (exact) mass is 322 g/mol. The van der Waals surface area contributed by atoms with E-state index in [1.807, 2.05) is 0 Å². The van der Waals surface area contributed by atoms with E-state index in [-0.39, 0.29) is 12.3 Å². The van der Waals surface area contributed by atoms with Crippen molar-refractivity contribution >= 4 is 10.0 Å². The number of para-hydroxylation sites is 1. The number of nitrogens with one attached hydrogen (secondary N) is 2. The van der Waals surface area contributed by atoms with Crippen molar-refractivity contribution in [2.45, 2.75) is 32.5 Å². The van der Waals surface area contributed by atoms with Crippen molar-refractivity contribution in [3.05, 3.63) is 29.8 Å². The molecular formula is C13H20F2N2O3S. The molecule has 0 aliphatic rings. The van der Waals surface area contributed by atoms with Crippen LogP contribution in [0.25, 0.3) is 0 Å². The van der Waals surface area contributed by atoms with Crippen molar-refractivity contribution in [2.75, 3.05) is 12.8 Å². The summed E-state index contributed by atoms with van der Waals surface area (Å²) < 4.78 is 53.9. The zero-order valence-electron chi connectivity index (χ0n) is 12.2. The van der Waals surface area contributed by atoms with E-state index < -0.39 is 22.2 Å². The SMILES string of the molecule is CC(C)(CNCc1ccccc1OC(F)F)NS(C)(=O)=O. The van der Waals surface area contributed by atoms with Crippen LogP contribution in [0.3, 0.4) is 0 Å². The lowest BCUT2D eigenvalue weighted by molar-refractivity contribution is -0.0505. The normalized spacial score (nSPS) is 12.7. The molecule has 1 aromatic rings. The molecule has 8 heteroatoms. The van der Waals surface area contributed by atoms with Crippen LogP contribution in [-0.4, -0.2) is 33.4 Å². The average Bonchev–Trinajstić information content (AvgIpc) is 2.27. The fraction of sp³-hybridized carbons (Fsp3) is 0.538. The molecule has 0 amide bonds. The first-order valence-corrected chi connectivity index (χ1v) is 8.20. The number of rotatable bonds is 8. The first-order valence-electron chi connectivity index (χ1n) is 6.31. The molecule has 120 valence electrons. The first kappa shape index (κ1) is 17.8. The molecule has 0 aliphatic heterocycles. The number of halogens is 2. The van der Waals surface area contributed by atoms with Crippen molar-refractivity contribution in [2.24, 2.45) is 0 Å². The summed E-state index contributed by atoms with van der Waals surface area (Å²) in [6, 6.07) is 6.45. The third kappa shape index (κ3) is 7.35. The smallest absolute Gasteiger partial charge is 0.387 e. The Morgan fingerprint density at radius 3 is 2.48 bits per heavy atom. The van der Waals surface area contributed by atoms with Crippen molar-refractivity contribution in [3.8, 4) is 5.75 Å². The van der Waals surface area contributed by atoms with Gasteiger partial charge in [-0.2, -0.15) is 8.78 Å². The maximum Gasteiger partial charge on any atom is 0.387 e. The highest BCUT2D eigenvalue weighted by atomic mass is 32.2. The second-order valence-corrected chi connectivity index (χ2v) is 7.10. The summed E-state index contributed by atoms with van der Waals surface area (Å²) >= 11 is 0. The number of benzene rings is 1. The van der Waals surface area contributed by atoms with E-state index in [9.17, 15) is 17.2 Å². The van der Waals surface area contributed by atoms with Crippen LogP contribution < -0.4 is 14.8 Å². The number of hydrogen-bond donors (Lipinski definition) is 2. The predicted octanol–water partition coefficient (Wildman–Crippen LogP) is 1.71. The van der Waals surface area contributed by atoms with Crippen molar-refractivity contribution in [3.63, 3.8) is 0 Å². The molecular weight excluding hydrogens is 302 g/mol. The fourth-order valence-electron chi connectivity index (χ4n) is 1.91. The van der Waals surface area contributed by atoms with Gasteiger partial charge < -0.3 is 10.1 Å². The molecule has 1 rings (SSSR count). The lowest BCUT2D eigenvalue weighted by Crippen LogP contribution is -2.49. The van der Waals surface area contributed by atoms with Gasteiger partial charge in [-0.05, 0) is 19.9 Å². The van der Waals surface area contributed by atoms with Crippen LogP contribution in [0.4, 0.5) is 8.78 Å². The second-order valence-electron chi connectivity index (χ2n) is 5.35. The summed E-state index contributed by atoms with van der Waals surface area (Å²) in [5.74, 6) is 0.105. The molecule has 0 aliphatic carbocycles. The van der Waals surface area contributed by atoms with Gasteiger partial charge in [0, 0.05) is 24.2 Å². The standard InChI is InChI=1S/C13H20F2N2O3S/c1-13(2,17-21(3,18)19)9-16-8-10-6-4-5-7-11(10)20-12(14)15/h4-7,12,16-17H,8-9H2,1-3H3. The highest BCUT2D eigenvalue weighted by Crippen LogP contribution is 2.20. The Bertz CT molecular complexity index is 562. The van der Waals surface area contributed by atoms with Gasteiger partial charge in [0.2, 0.25) is 10.0 Å². The minimum atomic E-state index is -3.31. The molecule has 2 N–H and O–H groups in total. The van der Waals surface area contributed by atoms with Crippen LogP contribution in [0.1, 0.15) is 19.4 Å². The molecule has 0 saturated carbocycles. The van der Waals surface area contributed by atoms with Gasteiger partial charge in [0.1, 0.15) is 5.75 Å². The largest absolute Gasteiger partial charge is 0.434 e. The molecule has 0 unspecified atom stereocenters. The van der Waals surface area contributed by atoms with Crippen LogP contribution in [0.15, 0.2) is 24.3 Å². The quantitative estimate of drug-likeness (QED) is 0.764. The van der Waals surface area contributed by atoms with Gasteiger partial charge in [0.15, 0.2) is 0 Å². The van der Waals surface area contributed by atoms with E-state index in [1.54, 1.807) is 32.0 Å². The van der Waals surface area contributed by atoms with E-state index in [4.69, 9.17) is 0 Å². The van der Waals surface area contributed by atoms with E-state index in [1.165, 1.54) is 6.07 Å². The van der Waals surface area contributed by atoms with Gasteiger partial charge in [-0.3, -0.25) is 0 Å². The zero-order chi connectivity index (χ0) is 16.1. The van der Waals surface area contributed by atoms with Crippen molar-refractivity contribution < 1.29 is 21.9 Å². The summed E-state index contributed by atoms with van der Waals surface area (Å²) in [7, 11) is -3.31. The molecule has 21 heavy (non-hydrogen) atoms. The third-order valence-electron chi connectivity index (χ3n) is 2.53. The Hall–Kier alpha value is -1.25. The van der Waals surface area contributed by atoms with Crippen LogP contribution in [0.2, 0.25) is 0 Å². The van der Waals surface area contributed by atoms with Gasteiger partial charge in [0.25, 0.3) is 0 Å². The number of sulfonamides is 1. The molecule has 0 fully saturated rings. The van der Waals surface area contributed by atoms with Crippen molar-refractivity contribution in [1.82, 2.24) is 10.0 Å². The Labute approximate surface area is 123 Å². The predicted molar refractivity (Wildman–Crippen MR) is 76.8 cm³/mol. The Morgan fingerprint density at radius 1 is 1.29 bits per heavy atom. The van der Waals surface area contributed by atoms with Crippen LogP contribution in [0.5, 0.6) is 5.75 Å². The summed E-state index contributed by atoms with van der Waals surface area (Å²) in [4.78, 5) is 0. The van der Waals surface area contributed by atoms with E-state index in [0.29, 0.717) is 12.1 Å². The number of hydrogen-bond acceptors (Lipinski definition) is 4. The molecule has 1 aromatic carbocycles. The molecule has 0 saturated heterocycles. The molecule has 5 nitrogen and oxygen atoms in total. The fourth-order valence-corrected chi connectivity index (χ4v) is 2.98. The molecule has 0 aromatic heterocycles. The van der Waals surface area contributed by atoms with Gasteiger partial charge in [-0.15, -0.1) is 0 Å². The summed E-state index contributed by atoms with van der Waals surface area (Å²) in [5, 5.41) is 3.03. The highest BCUT2D eigenvalue weighted by molar-refractivity contribution is 7.88. The lowest BCUT2D eigenvalue weighted by Gasteiger charge is -2.25. The molecule has 0 atom stereocenters. The minimum Gasteiger partial charge on any atom is -0.434 e. The average molecular weight is 322 g/mol. The Morgan fingerprint density at radius 2 is 1.90 bits per heavy atom. The second kappa shape index (κ2) is 7.15.